The molecule has 0 saturated heterocycles. The second kappa shape index (κ2) is 7.62. The molecule has 0 fully saturated rings. The van der Waals surface area contributed by atoms with Gasteiger partial charge in [0.25, 0.3) is 0 Å². The van der Waals surface area contributed by atoms with Crippen molar-refractivity contribution in [2.45, 2.75) is 13.3 Å². The molecule has 0 heterocycles. The summed E-state index contributed by atoms with van der Waals surface area (Å²) in [5.74, 6) is 0.651. The normalized spacial score (nSPS) is 11.0. The number of amides is 1. The summed E-state index contributed by atoms with van der Waals surface area (Å²) < 4.78 is 5.28. The molecule has 1 amide bonds. The fraction of sp³-hybridized carbons (Fsp3) is 0.143. The van der Waals surface area contributed by atoms with E-state index in [-0.39, 0.29) is 12.3 Å². The zero-order valence-electron chi connectivity index (χ0n) is 14.3. The van der Waals surface area contributed by atoms with Crippen LogP contribution in [0.5, 0.6) is 5.75 Å². The summed E-state index contributed by atoms with van der Waals surface area (Å²) in [5.41, 5.74) is 5.50. The van der Waals surface area contributed by atoms with E-state index in [9.17, 15) is 4.79 Å². The summed E-state index contributed by atoms with van der Waals surface area (Å²) in [6, 6.07) is 19.8. The van der Waals surface area contributed by atoms with E-state index in [0.717, 1.165) is 33.2 Å². The highest BCUT2D eigenvalue weighted by Crippen LogP contribution is 2.19. The molecule has 0 aliphatic heterocycles. The zero-order chi connectivity index (χ0) is 17.6. The van der Waals surface area contributed by atoms with Gasteiger partial charge in [0.2, 0.25) is 5.91 Å². The molecule has 126 valence electrons. The van der Waals surface area contributed by atoms with Crippen LogP contribution in [0.4, 0.5) is 0 Å². The third-order valence-electron chi connectivity index (χ3n) is 4.07. The van der Waals surface area contributed by atoms with E-state index in [1.54, 1.807) is 13.3 Å². The van der Waals surface area contributed by atoms with Gasteiger partial charge in [-0.15, -0.1) is 0 Å². The van der Waals surface area contributed by atoms with Crippen molar-refractivity contribution >= 4 is 22.9 Å². The average Bonchev–Trinajstić information content (AvgIpc) is 2.63. The minimum Gasteiger partial charge on any atom is -0.496 e. The number of hydrogen-bond donors (Lipinski definition) is 1. The maximum Gasteiger partial charge on any atom is 0.244 e. The fourth-order valence-electron chi connectivity index (χ4n) is 2.75. The van der Waals surface area contributed by atoms with Gasteiger partial charge in [0, 0.05) is 0 Å². The van der Waals surface area contributed by atoms with E-state index in [4.69, 9.17) is 4.74 Å². The first-order chi connectivity index (χ1) is 12.2. The predicted octanol–water partition coefficient (Wildman–Crippen LogP) is 3.85. The highest BCUT2D eigenvalue weighted by atomic mass is 16.5. The van der Waals surface area contributed by atoms with Crippen molar-refractivity contribution < 1.29 is 9.53 Å². The Bertz CT molecular complexity index is 927. The molecule has 3 aromatic rings. The third kappa shape index (κ3) is 4.04. The summed E-state index contributed by atoms with van der Waals surface area (Å²) in [6.07, 6.45) is 1.90. The number of rotatable bonds is 5. The molecule has 0 atom stereocenters. The van der Waals surface area contributed by atoms with Crippen LogP contribution in [0.25, 0.3) is 10.8 Å². The third-order valence-corrected chi connectivity index (χ3v) is 4.07. The minimum absolute atomic E-state index is 0.147. The molecule has 0 aliphatic rings. The number of hydrogen-bond acceptors (Lipinski definition) is 3. The molecule has 0 spiro atoms. The maximum absolute atomic E-state index is 12.2. The van der Waals surface area contributed by atoms with Crippen molar-refractivity contribution in [1.82, 2.24) is 5.43 Å². The number of fused-ring (bicyclic) bond motifs is 1. The number of nitrogens with zero attached hydrogens (tertiary/aromatic N) is 1. The Morgan fingerprint density at radius 3 is 2.76 bits per heavy atom. The molecule has 3 rings (SSSR count). The molecule has 0 radical (unpaired) electrons. The molecule has 25 heavy (non-hydrogen) atoms. The Morgan fingerprint density at radius 2 is 1.92 bits per heavy atom. The van der Waals surface area contributed by atoms with Gasteiger partial charge in [-0.3, -0.25) is 4.79 Å². The Labute approximate surface area is 147 Å². The monoisotopic (exact) mass is 332 g/mol. The van der Waals surface area contributed by atoms with Gasteiger partial charge in [-0.25, -0.2) is 5.43 Å². The van der Waals surface area contributed by atoms with E-state index in [2.05, 4.69) is 10.5 Å². The topological polar surface area (TPSA) is 50.7 Å². The quantitative estimate of drug-likeness (QED) is 0.570. The predicted molar refractivity (Wildman–Crippen MR) is 101 cm³/mol. The second-order valence-corrected chi connectivity index (χ2v) is 5.84. The Kier molecular flexibility index (Phi) is 5.09. The van der Waals surface area contributed by atoms with Gasteiger partial charge in [0.1, 0.15) is 5.75 Å². The largest absolute Gasteiger partial charge is 0.496 e. The number of hydrazone groups is 1. The molecular weight excluding hydrogens is 312 g/mol. The highest BCUT2D eigenvalue weighted by molar-refractivity contribution is 5.90. The van der Waals surface area contributed by atoms with Crippen LogP contribution < -0.4 is 10.2 Å². The summed E-state index contributed by atoms with van der Waals surface area (Å²) >= 11 is 0. The molecule has 0 aliphatic carbocycles. The van der Waals surface area contributed by atoms with Gasteiger partial charge in [-0.2, -0.15) is 5.10 Å². The number of carbonyl (C=O) groups excluding carboxylic acids is 1. The minimum atomic E-state index is -0.147. The number of benzene rings is 3. The van der Waals surface area contributed by atoms with Crippen molar-refractivity contribution in [3.05, 3.63) is 77.4 Å². The molecule has 0 aromatic heterocycles. The van der Waals surface area contributed by atoms with Gasteiger partial charge in [-0.05, 0) is 40.5 Å². The number of aryl methyl sites for hydroxylation is 1. The van der Waals surface area contributed by atoms with Crippen LogP contribution in [-0.4, -0.2) is 19.2 Å². The number of methoxy groups -OCH3 is 1. The standard InChI is InChI=1S/C21H20N2O2/c1-15-10-11-16(12-20(15)25-2)14-22-23-21(24)13-18-8-5-7-17-6-3-4-9-19(17)18/h3-12,14H,13H2,1-2H3,(H,23,24). The van der Waals surface area contributed by atoms with Gasteiger partial charge in [-0.1, -0.05) is 54.6 Å². The van der Waals surface area contributed by atoms with Crippen molar-refractivity contribution in [3.8, 4) is 5.75 Å². The van der Waals surface area contributed by atoms with Crippen LogP contribution in [0.1, 0.15) is 16.7 Å². The second-order valence-electron chi connectivity index (χ2n) is 5.84. The van der Waals surface area contributed by atoms with Gasteiger partial charge < -0.3 is 4.74 Å². The molecule has 0 bridgehead atoms. The Balaban J connectivity index is 1.66. The lowest BCUT2D eigenvalue weighted by atomic mass is 10.0. The first kappa shape index (κ1) is 16.7. The molecule has 0 unspecified atom stereocenters. The lowest BCUT2D eigenvalue weighted by Crippen LogP contribution is -2.19. The van der Waals surface area contributed by atoms with Crippen LogP contribution in [-0.2, 0) is 11.2 Å². The molecule has 4 nitrogen and oxygen atoms in total. The first-order valence-corrected chi connectivity index (χ1v) is 8.10. The number of carbonyl (C=O) groups is 1. The molecule has 1 N–H and O–H groups in total. The van der Waals surface area contributed by atoms with E-state index in [1.165, 1.54) is 0 Å². The Morgan fingerprint density at radius 1 is 1.12 bits per heavy atom. The highest BCUT2D eigenvalue weighted by Gasteiger charge is 2.06. The SMILES string of the molecule is COc1cc(C=NNC(=O)Cc2cccc3ccccc23)ccc1C. The summed E-state index contributed by atoms with van der Waals surface area (Å²) in [5, 5.41) is 6.26. The number of ether oxygens (including phenoxy) is 1. The van der Waals surface area contributed by atoms with Crippen molar-refractivity contribution in [2.75, 3.05) is 7.11 Å². The van der Waals surface area contributed by atoms with E-state index in [0.29, 0.717) is 0 Å². The van der Waals surface area contributed by atoms with Gasteiger partial charge in [0.05, 0.1) is 19.7 Å². The Hall–Kier alpha value is -3.14. The summed E-state index contributed by atoms with van der Waals surface area (Å²) in [6.45, 7) is 1.98. The van der Waals surface area contributed by atoms with Crippen LogP contribution in [0, 0.1) is 6.92 Å². The van der Waals surface area contributed by atoms with E-state index in [1.807, 2.05) is 67.6 Å². The first-order valence-electron chi connectivity index (χ1n) is 8.10. The van der Waals surface area contributed by atoms with Crippen LogP contribution in [0.3, 0.4) is 0 Å². The average molecular weight is 332 g/mol. The fourth-order valence-corrected chi connectivity index (χ4v) is 2.75. The number of nitrogens with one attached hydrogen (secondary N) is 1. The van der Waals surface area contributed by atoms with Crippen molar-refractivity contribution in [3.63, 3.8) is 0 Å². The lowest BCUT2D eigenvalue weighted by molar-refractivity contribution is -0.120. The summed E-state index contributed by atoms with van der Waals surface area (Å²) in [4.78, 5) is 12.2. The van der Waals surface area contributed by atoms with Crippen molar-refractivity contribution in [1.29, 1.82) is 0 Å². The van der Waals surface area contributed by atoms with Crippen molar-refractivity contribution in [2.24, 2.45) is 5.10 Å². The smallest absolute Gasteiger partial charge is 0.244 e. The molecular formula is C21H20N2O2. The van der Waals surface area contributed by atoms with Crippen LogP contribution in [0.15, 0.2) is 65.8 Å². The molecule has 4 heteroatoms. The molecule has 3 aromatic carbocycles. The zero-order valence-corrected chi connectivity index (χ0v) is 14.3. The molecule has 0 saturated carbocycles. The van der Waals surface area contributed by atoms with E-state index >= 15 is 0 Å². The maximum atomic E-state index is 12.2. The van der Waals surface area contributed by atoms with Crippen LogP contribution >= 0.6 is 0 Å². The van der Waals surface area contributed by atoms with Gasteiger partial charge in [0.15, 0.2) is 0 Å². The van der Waals surface area contributed by atoms with Crippen LogP contribution in [0.2, 0.25) is 0 Å². The van der Waals surface area contributed by atoms with Gasteiger partial charge >= 0.3 is 0 Å². The summed E-state index contributed by atoms with van der Waals surface area (Å²) in [7, 11) is 1.63. The van der Waals surface area contributed by atoms with E-state index < -0.39 is 0 Å². The lowest BCUT2D eigenvalue weighted by Gasteiger charge is -2.06.